The molecule has 21 atom stereocenters. The van der Waals surface area contributed by atoms with Crippen molar-refractivity contribution >= 4 is 18.1 Å². The fourth-order valence-electron chi connectivity index (χ4n) is 8.73. The Morgan fingerprint density at radius 2 is 1.08 bits per heavy atom. The SMILES string of the molecule is O=C(/C=C/c1ccc(O[C@@H]2O[C@H](CO)[C@@H](O)[C@H](O)[C@@H]2O)cc1)OC[C@@H]1O[C@@H](OC2=Cc3c(cc(O)cc3O[C@@H]3O[C@@H](CO)[C@@H](O)[C@H](O)[C@@H]3O)OC2c2ccc(O)c(O)c2)[C@H](O[C@@H]2O[C@H](CO)[C@@H](O)[C@H](O)[C@H]2O)[C@H](O)[C@@H]1O. The monoisotopic (exact) mass is 1080 g/mol. The Morgan fingerprint density at radius 1 is 0.539 bits per heavy atom. The van der Waals surface area contributed by atoms with Crippen LogP contribution in [0.4, 0.5) is 0 Å². The first-order chi connectivity index (χ1) is 36.2. The summed E-state index contributed by atoms with van der Waals surface area (Å²) >= 11 is 0. The third kappa shape index (κ3) is 11.9. The van der Waals surface area contributed by atoms with E-state index in [2.05, 4.69) is 0 Å². The largest absolute Gasteiger partial charge is 0.508 e. The van der Waals surface area contributed by atoms with Gasteiger partial charge < -0.3 is 134 Å². The summed E-state index contributed by atoms with van der Waals surface area (Å²) in [6.45, 7) is -3.18. The van der Waals surface area contributed by atoms with Gasteiger partial charge in [-0.3, -0.25) is 0 Å². The highest BCUT2D eigenvalue weighted by Crippen LogP contribution is 2.47. The van der Waals surface area contributed by atoms with Crippen LogP contribution in [-0.2, 0) is 38.0 Å². The van der Waals surface area contributed by atoms with Crippen molar-refractivity contribution in [2.45, 2.75) is 129 Å². The van der Waals surface area contributed by atoms with Crippen LogP contribution in [0.5, 0.6) is 34.5 Å². The maximum atomic E-state index is 13.1. The third-order valence-corrected chi connectivity index (χ3v) is 13.1. The lowest BCUT2D eigenvalue weighted by molar-refractivity contribution is -0.364. The van der Waals surface area contributed by atoms with Crippen LogP contribution < -0.4 is 14.2 Å². The lowest BCUT2D eigenvalue weighted by Gasteiger charge is -2.46. The van der Waals surface area contributed by atoms with Crippen molar-refractivity contribution in [3.8, 4) is 34.5 Å². The van der Waals surface area contributed by atoms with Crippen molar-refractivity contribution in [2.75, 3.05) is 26.4 Å². The first-order valence-corrected chi connectivity index (χ1v) is 23.5. The second-order valence-corrected chi connectivity index (χ2v) is 18.3. The average Bonchev–Trinajstić information content (AvgIpc) is 3.42. The number of fused-ring (bicyclic) bond motifs is 1. The predicted molar refractivity (Wildman–Crippen MR) is 245 cm³/mol. The summed E-state index contributed by atoms with van der Waals surface area (Å²) in [5.41, 5.74) is 0.352. The summed E-state index contributed by atoms with van der Waals surface area (Å²) in [6, 6.07) is 11.4. The zero-order valence-electron chi connectivity index (χ0n) is 39.5. The number of carbonyl (C=O) groups excluding carboxylic acids is 1. The average molecular weight is 1080 g/mol. The maximum absolute atomic E-state index is 13.1. The number of carbonyl (C=O) groups is 1. The minimum absolute atomic E-state index is 0.0444. The van der Waals surface area contributed by atoms with Crippen molar-refractivity contribution < 1.29 is 139 Å². The maximum Gasteiger partial charge on any atom is 0.330 e. The molecule has 17 N–H and O–H groups in total. The van der Waals surface area contributed by atoms with Crippen LogP contribution in [0.25, 0.3) is 12.2 Å². The Balaban J connectivity index is 1.06. The predicted octanol–water partition coefficient (Wildman–Crippen LogP) is -5.46. The summed E-state index contributed by atoms with van der Waals surface area (Å²) in [4.78, 5) is 13.1. The van der Waals surface area contributed by atoms with Crippen LogP contribution in [0.15, 0.2) is 66.4 Å². The molecule has 4 saturated heterocycles. The lowest BCUT2D eigenvalue weighted by Crippen LogP contribution is -2.64. The highest BCUT2D eigenvalue weighted by atomic mass is 16.8. The van der Waals surface area contributed by atoms with Gasteiger partial charge in [-0.05, 0) is 42.0 Å². The fraction of sp³-hybridized carbons (Fsp3) is 0.521. The molecule has 5 heterocycles. The third-order valence-electron chi connectivity index (χ3n) is 13.1. The second-order valence-electron chi connectivity index (χ2n) is 18.3. The summed E-state index contributed by atoms with van der Waals surface area (Å²) in [6.07, 6.45) is -33.6. The van der Waals surface area contributed by atoms with Crippen LogP contribution >= 0.6 is 0 Å². The van der Waals surface area contributed by atoms with Gasteiger partial charge >= 0.3 is 5.97 Å². The minimum Gasteiger partial charge on any atom is -0.508 e. The second kappa shape index (κ2) is 24.0. The van der Waals surface area contributed by atoms with E-state index in [4.69, 9.17) is 47.4 Å². The van der Waals surface area contributed by atoms with Gasteiger partial charge in [-0.2, -0.15) is 0 Å². The quantitative estimate of drug-likeness (QED) is 0.0361. The summed E-state index contributed by atoms with van der Waals surface area (Å²) < 4.78 is 57.9. The highest BCUT2D eigenvalue weighted by molar-refractivity contribution is 5.87. The fourth-order valence-corrected chi connectivity index (χ4v) is 8.73. The van der Waals surface area contributed by atoms with Crippen LogP contribution in [0, 0.1) is 0 Å². The normalized spacial score (nSPS) is 37.6. The molecule has 5 aliphatic rings. The molecule has 5 aliphatic heterocycles. The lowest BCUT2D eigenvalue weighted by atomic mass is 9.97. The molecule has 28 heteroatoms. The summed E-state index contributed by atoms with van der Waals surface area (Å²) in [7, 11) is 0. The van der Waals surface area contributed by atoms with Crippen molar-refractivity contribution in [1.29, 1.82) is 0 Å². The van der Waals surface area contributed by atoms with Gasteiger partial charge in [-0.15, -0.1) is 0 Å². The van der Waals surface area contributed by atoms with Crippen LogP contribution in [0.2, 0.25) is 0 Å². The first-order valence-electron chi connectivity index (χ1n) is 23.5. The Morgan fingerprint density at radius 3 is 1.66 bits per heavy atom. The van der Waals surface area contributed by atoms with E-state index in [1.807, 2.05) is 0 Å². The van der Waals surface area contributed by atoms with Crippen LogP contribution in [-0.4, -0.2) is 242 Å². The van der Waals surface area contributed by atoms with Crippen LogP contribution in [0.3, 0.4) is 0 Å². The molecular weight excluding hydrogens is 1020 g/mol. The number of aromatic hydroxyl groups is 3. The molecule has 0 radical (unpaired) electrons. The molecular formula is C48H58O28. The van der Waals surface area contributed by atoms with Gasteiger partial charge in [0.1, 0.15) is 127 Å². The van der Waals surface area contributed by atoms with E-state index in [0.717, 1.165) is 30.3 Å². The molecule has 0 aromatic heterocycles. The molecule has 418 valence electrons. The number of rotatable bonds is 16. The molecule has 3 aromatic rings. The number of esters is 1. The van der Waals surface area contributed by atoms with Crippen molar-refractivity contribution in [3.63, 3.8) is 0 Å². The van der Waals surface area contributed by atoms with E-state index in [9.17, 15) is 91.6 Å². The van der Waals surface area contributed by atoms with Gasteiger partial charge in [-0.1, -0.05) is 18.2 Å². The highest BCUT2D eigenvalue weighted by Gasteiger charge is 2.53. The topological polar surface area (TPSA) is 453 Å². The Labute approximate surface area is 429 Å². The van der Waals surface area contributed by atoms with E-state index in [-0.39, 0.29) is 34.1 Å². The van der Waals surface area contributed by atoms with Crippen LogP contribution in [0.1, 0.15) is 22.8 Å². The molecule has 0 amide bonds. The van der Waals surface area contributed by atoms with Gasteiger partial charge in [0.25, 0.3) is 0 Å². The zero-order valence-corrected chi connectivity index (χ0v) is 39.5. The van der Waals surface area contributed by atoms with Crippen molar-refractivity contribution in [2.24, 2.45) is 0 Å². The number of ether oxygens (including phenoxy) is 10. The van der Waals surface area contributed by atoms with Gasteiger partial charge in [0, 0.05) is 23.8 Å². The van der Waals surface area contributed by atoms with Gasteiger partial charge in [0.15, 0.2) is 30.0 Å². The van der Waals surface area contributed by atoms with Crippen molar-refractivity contribution in [1.82, 2.24) is 0 Å². The van der Waals surface area contributed by atoms with Gasteiger partial charge in [0.05, 0.1) is 25.4 Å². The molecule has 8 rings (SSSR count). The summed E-state index contributed by atoms with van der Waals surface area (Å²) in [5, 5.41) is 178. The molecule has 0 saturated carbocycles. The molecule has 0 spiro atoms. The van der Waals surface area contributed by atoms with E-state index >= 15 is 0 Å². The molecule has 76 heavy (non-hydrogen) atoms. The number of benzene rings is 3. The molecule has 4 fully saturated rings. The number of hydrogen-bond acceptors (Lipinski definition) is 28. The molecule has 0 aliphatic carbocycles. The van der Waals surface area contributed by atoms with Gasteiger partial charge in [-0.25, -0.2) is 4.79 Å². The minimum atomic E-state index is -2.12. The van der Waals surface area contributed by atoms with Gasteiger partial charge in [0.2, 0.25) is 18.9 Å². The Bertz CT molecular complexity index is 2500. The number of aliphatic hydroxyl groups is 14. The first kappa shape index (κ1) is 56.6. The van der Waals surface area contributed by atoms with E-state index in [0.29, 0.717) is 5.56 Å². The van der Waals surface area contributed by atoms with E-state index in [1.54, 1.807) is 0 Å². The smallest absolute Gasteiger partial charge is 0.330 e. The standard InChI is InChI=1S/C48H58O28/c49-13-27-32(56)36(60)40(64)45(72-27)68-20-5-1-17(2-6-20)3-8-31(55)67-16-30-35(59)39(63)44(76-47-42(66)38(62)34(58)29(15-51)74-47)48(75-30)71-26-12-21-24(69-43(26)18-4-7-22(53)23(54)9-18)10-19(52)11-25(21)70-46-41(65)37(61)33(57)28(14-50)73-46/h1-12,27-30,32-54,56-66H,13-16H2/b8-3+/t27-,28+,29-,30+,32-,33-,34-,35-,36+,37+,38+,39-,40+,41+,42-,43?,44-,45-,46-,47+,48-/m1/s1. The molecule has 28 nitrogen and oxygen atoms in total. The Kier molecular flexibility index (Phi) is 17.9. The zero-order chi connectivity index (χ0) is 54.9. The molecule has 3 aromatic carbocycles. The van der Waals surface area contributed by atoms with Crippen molar-refractivity contribution in [3.05, 3.63) is 83.1 Å². The van der Waals surface area contributed by atoms with E-state index in [1.165, 1.54) is 42.5 Å². The molecule has 0 bridgehead atoms. The summed E-state index contributed by atoms with van der Waals surface area (Å²) in [5.74, 6) is -3.42. The number of aliphatic hydroxyl groups excluding tert-OH is 14. The number of phenols is 3. The number of phenolic OH excluding ortho intramolecular Hbond substituents is 3. The Hall–Kier alpha value is -5.55. The van der Waals surface area contributed by atoms with E-state index < -0.39 is 179 Å². The molecule has 1 unspecified atom stereocenters. The number of hydrogen-bond donors (Lipinski definition) is 17.